The van der Waals surface area contributed by atoms with E-state index in [9.17, 15) is 14.3 Å². The van der Waals surface area contributed by atoms with Crippen LogP contribution in [0.4, 0.5) is 4.39 Å². The summed E-state index contributed by atoms with van der Waals surface area (Å²) in [5.41, 5.74) is -0.371. The van der Waals surface area contributed by atoms with Crippen molar-refractivity contribution in [2.75, 3.05) is 26.7 Å². The van der Waals surface area contributed by atoms with Gasteiger partial charge in [0, 0.05) is 26.2 Å². The van der Waals surface area contributed by atoms with Gasteiger partial charge < -0.3 is 10.0 Å². The lowest BCUT2D eigenvalue weighted by molar-refractivity contribution is -0.160. The van der Waals surface area contributed by atoms with Gasteiger partial charge in [0.25, 0.3) is 5.91 Å². The predicted molar refractivity (Wildman–Crippen MR) is 93.0 cm³/mol. The number of likely N-dealkylation sites (N-methyl/N-ethyl adjacent to an activating group) is 1. The van der Waals surface area contributed by atoms with Crippen LogP contribution in [0, 0.1) is 11.2 Å². The van der Waals surface area contributed by atoms with Crippen LogP contribution in [0.25, 0.3) is 0 Å². The van der Waals surface area contributed by atoms with Crippen molar-refractivity contribution in [3.05, 3.63) is 35.6 Å². The second kappa shape index (κ2) is 7.19. The standard InChI is InChI=1S/C19H29FN2O2/c1-18(2,3)13-22-11-5-10-19(24,17(22)23)14-21(4)12-15-6-8-16(20)9-7-15/h6-9,24H,5,10-14H2,1-4H3/t19-/m0/s1. The van der Waals surface area contributed by atoms with Crippen LogP contribution in [0.5, 0.6) is 0 Å². The molecule has 5 heteroatoms. The molecule has 134 valence electrons. The monoisotopic (exact) mass is 336 g/mol. The zero-order chi connectivity index (χ0) is 18.0. The lowest BCUT2D eigenvalue weighted by Gasteiger charge is -2.42. The molecule has 1 aliphatic rings. The summed E-state index contributed by atoms with van der Waals surface area (Å²) in [4.78, 5) is 16.5. The predicted octanol–water partition coefficient (Wildman–Crippen LogP) is 2.66. The molecule has 1 amide bonds. The molecule has 24 heavy (non-hydrogen) atoms. The van der Waals surface area contributed by atoms with Gasteiger partial charge in [-0.3, -0.25) is 9.69 Å². The van der Waals surface area contributed by atoms with Crippen molar-refractivity contribution in [1.29, 1.82) is 0 Å². The van der Waals surface area contributed by atoms with Crippen molar-refractivity contribution in [2.45, 2.75) is 45.8 Å². The van der Waals surface area contributed by atoms with Gasteiger partial charge >= 0.3 is 0 Å². The second-order valence-electron chi connectivity index (χ2n) is 8.22. The van der Waals surface area contributed by atoms with Gasteiger partial charge in [-0.25, -0.2) is 4.39 Å². The summed E-state index contributed by atoms with van der Waals surface area (Å²) in [6.45, 7) is 8.48. The van der Waals surface area contributed by atoms with Gasteiger partial charge in [0.2, 0.25) is 0 Å². The molecule has 1 aromatic carbocycles. The minimum absolute atomic E-state index is 0.00786. The number of benzene rings is 1. The molecule has 0 radical (unpaired) electrons. The lowest BCUT2D eigenvalue weighted by Crippen LogP contribution is -2.59. The van der Waals surface area contributed by atoms with E-state index in [1.54, 1.807) is 17.0 Å². The van der Waals surface area contributed by atoms with E-state index in [4.69, 9.17) is 0 Å². The summed E-state index contributed by atoms with van der Waals surface area (Å²) in [6, 6.07) is 6.30. The van der Waals surface area contributed by atoms with Crippen LogP contribution in [0.2, 0.25) is 0 Å². The summed E-state index contributed by atoms with van der Waals surface area (Å²) in [5, 5.41) is 10.9. The third-order valence-corrected chi connectivity index (χ3v) is 4.27. The Labute approximate surface area is 144 Å². The molecule has 1 fully saturated rings. The molecule has 1 heterocycles. The number of aliphatic hydroxyl groups is 1. The maximum atomic E-state index is 13.0. The number of amides is 1. The maximum absolute atomic E-state index is 13.0. The highest BCUT2D eigenvalue weighted by Crippen LogP contribution is 2.27. The molecule has 4 nitrogen and oxygen atoms in total. The minimum Gasteiger partial charge on any atom is -0.379 e. The molecule has 1 aliphatic heterocycles. The van der Waals surface area contributed by atoms with Gasteiger partial charge in [-0.1, -0.05) is 32.9 Å². The quantitative estimate of drug-likeness (QED) is 0.899. The largest absolute Gasteiger partial charge is 0.379 e. The third kappa shape index (κ3) is 5.02. The summed E-state index contributed by atoms with van der Waals surface area (Å²) in [6.07, 6.45) is 1.29. The highest BCUT2D eigenvalue weighted by atomic mass is 19.1. The second-order valence-corrected chi connectivity index (χ2v) is 8.22. The van der Waals surface area contributed by atoms with E-state index in [1.165, 1.54) is 12.1 Å². The van der Waals surface area contributed by atoms with Crippen LogP contribution < -0.4 is 0 Å². The number of carbonyl (C=O) groups excluding carboxylic acids is 1. The molecule has 1 saturated heterocycles. The number of halogens is 1. The van der Waals surface area contributed by atoms with Crippen LogP contribution in [0.3, 0.4) is 0 Å². The normalized spacial score (nSPS) is 22.3. The van der Waals surface area contributed by atoms with Gasteiger partial charge in [0.05, 0.1) is 0 Å². The highest BCUT2D eigenvalue weighted by molar-refractivity contribution is 5.86. The van der Waals surface area contributed by atoms with E-state index in [0.29, 0.717) is 26.1 Å². The molecule has 0 aromatic heterocycles. The van der Waals surface area contributed by atoms with Gasteiger partial charge in [-0.15, -0.1) is 0 Å². The lowest BCUT2D eigenvalue weighted by atomic mass is 9.88. The fraction of sp³-hybridized carbons (Fsp3) is 0.632. The van der Waals surface area contributed by atoms with Crippen molar-refractivity contribution in [3.8, 4) is 0 Å². The Bertz CT molecular complexity index is 568. The third-order valence-electron chi connectivity index (χ3n) is 4.27. The number of hydrogen-bond donors (Lipinski definition) is 1. The number of nitrogens with zero attached hydrogens (tertiary/aromatic N) is 2. The van der Waals surface area contributed by atoms with Crippen molar-refractivity contribution in [1.82, 2.24) is 9.80 Å². The first-order valence-electron chi connectivity index (χ1n) is 8.54. The minimum atomic E-state index is -1.34. The number of carbonyl (C=O) groups is 1. The number of hydrogen-bond acceptors (Lipinski definition) is 3. The Morgan fingerprint density at radius 1 is 1.29 bits per heavy atom. The van der Waals surface area contributed by atoms with Crippen LogP contribution in [0.15, 0.2) is 24.3 Å². The molecule has 0 unspecified atom stereocenters. The van der Waals surface area contributed by atoms with Gasteiger partial charge in [-0.2, -0.15) is 0 Å². The zero-order valence-electron chi connectivity index (χ0n) is 15.2. The van der Waals surface area contributed by atoms with Crippen LogP contribution >= 0.6 is 0 Å². The average molecular weight is 336 g/mol. The van der Waals surface area contributed by atoms with Gasteiger partial charge in [-0.05, 0) is 43.0 Å². The molecule has 2 rings (SSSR count). The SMILES string of the molecule is CN(Cc1ccc(F)cc1)C[C@@]1(O)CCCN(CC(C)(C)C)C1=O. The molecule has 1 atom stereocenters. The topological polar surface area (TPSA) is 43.8 Å². The number of likely N-dealkylation sites (tertiary alicyclic amines) is 1. The van der Waals surface area contributed by atoms with Gasteiger partial charge in [0.1, 0.15) is 5.82 Å². The first-order valence-corrected chi connectivity index (χ1v) is 8.54. The Morgan fingerprint density at radius 2 is 1.92 bits per heavy atom. The first-order chi connectivity index (χ1) is 11.1. The highest BCUT2D eigenvalue weighted by Gasteiger charge is 2.43. The van der Waals surface area contributed by atoms with E-state index in [0.717, 1.165) is 12.0 Å². The zero-order valence-corrected chi connectivity index (χ0v) is 15.2. The van der Waals surface area contributed by atoms with Crippen molar-refractivity contribution >= 4 is 5.91 Å². The maximum Gasteiger partial charge on any atom is 0.255 e. The number of rotatable bonds is 5. The van der Waals surface area contributed by atoms with Crippen LogP contribution in [0.1, 0.15) is 39.2 Å². The Hall–Kier alpha value is -1.46. The number of piperidine rings is 1. The summed E-state index contributed by atoms with van der Waals surface area (Å²) < 4.78 is 13.0. The summed E-state index contributed by atoms with van der Waals surface area (Å²) in [5.74, 6) is -0.435. The Morgan fingerprint density at radius 3 is 2.50 bits per heavy atom. The molecule has 0 spiro atoms. The van der Waals surface area contributed by atoms with E-state index < -0.39 is 5.60 Å². The first kappa shape index (κ1) is 18.9. The van der Waals surface area contributed by atoms with Gasteiger partial charge in [0.15, 0.2) is 5.60 Å². The molecule has 1 N–H and O–H groups in total. The smallest absolute Gasteiger partial charge is 0.255 e. The summed E-state index contributed by atoms with van der Waals surface area (Å²) in [7, 11) is 1.87. The van der Waals surface area contributed by atoms with E-state index in [1.807, 2.05) is 11.9 Å². The van der Waals surface area contributed by atoms with E-state index in [-0.39, 0.29) is 23.7 Å². The molecule has 0 bridgehead atoms. The summed E-state index contributed by atoms with van der Waals surface area (Å²) >= 11 is 0. The van der Waals surface area contributed by atoms with Crippen molar-refractivity contribution in [3.63, 3.8) is 0 Å². The average Bonchev–Trinajstić information content (AvgIpc) is 2.45. The Balaban J connectivity index is 2.00. The molecular formula is C19H29FN2O2. The van der Waals surface area contributed by atoms with E-state index >= 15 is 0 Å². The fourth-order valence-corrected chi connectivity index (χ4v) is 3.34. The van der Waals surface area contributed by atoms with Crippen LogP contribution in [-0.4, -0.2) is 53.1 Å². The van der Waals surface area contributed by atoms with Crippen molar-refractivity contribution in [2.24, 2.45) is 5.41 Å². The molecule has 0 saturated carbocycles. The molecule has 1 aromatic rings. The van der Waals surface area contributed by atoms with Crippen LogP contribution in [-0.2, 0) is 11.3 Å². The molecular weight excluding hydrogens is 307 g/mol. The molecule has 0 aliphatic carbocycles. The van der Waals surface area contributed by atoms with Crippen molar-refractivity contribution < 1.29 is 14.3 Å². The van der Waals surface area contributed by atoms with E-state index in [2.05, 4.69) is 20.8 Å². The Kier molecular flexibility index (Phi) is 5.66. The fourth-order valence-electron chi connectivity index (χ4n) is 3.34.